The van der Waals surface area contributed by atoms with Crippen LogP contribution in [0.5, 0.6) is 0 Å². The van der Waals surface area contributed by atoms with Gasteiger partial charge in [-0.25, -0.2) is 4.99 Å². The lowest BCUT2D eigenvalue weighted by Crippen LogP contribution is -2.41. The van der Waals surface area contributed by atoms with Crippen LogP contribution in [0.3, 0.4) is 0 Å². The van der Waals surface area contributed by atoms with E-state index in [1.165, 1.54) is 32.4 Å². The van der Waals surface area contributed by atoms with Gasteiger partial charge in [0.15, 0.2) is 5.41 Å². The molecule has 1 heterocycles. The Labute approximate surface area is 141 Å². The van der Waals surface area contributed by atoms with Gasteiger partial charge in [0.05, 0.1) is 17.7 Å². The van der Waals surface area contributed by atoms with Gasteiger partial charge in [0.2, 0.25) is 0 Å². The highest BCUT2D eigenvalue weighted by Crippen LogP contribution is 2.82. The van der Waals surface area contributed by atoms with Crippen LogP contribution in [0.25, 0.3) is 0 Å². The van der Waals surface area contributed by atoms with Crippen LogP contribution in [0.1, 0.15) is 17.0 Å². The summed E-state index contributed by atoms with van der Waals surface area (Å²) in [5, 5.41) is 19.6. The molecule has 0 amide bonds. The van der Waals surface area contributed by atoms with E-state index in [0.29, 0.717) is 0 Å². The Kier molecular flexibility index (Phi) is 3.40. The van der Waals surface area contributed by atoms with Gasteiger partial charge in [-0.1, -0.05) is 18.2 Å². The van der Waals surface area contributed by atoms with Crippen LogP contribution in [0.2, 0.25) is 0 Å². The van der Waals surface area contributed by atoms with Crippen LogP contribution in [0.4, 0.5) is 13.2 Å². The van der Waals surface area contributed by atoms with Crippen molar-refractivity contribution >= 4 is 5.84 Å². The lowest BCUT2D eigenvalue weighted by atomic mass is 9.93. The second kappa shape index (κ2) is 4.94. The minimum atomic E-state index is -4.66. The van der Waals surface area contributed by atoms with Crippen LogP contribution in [-0.4, -0.2) is 26.0 Å². The molecule has 1 fully saturated rings. The largest absolute Gasteiger partial charge is 0.416 e. The predicted molar refractivity (Wildman–Crippen MR) is 78.6 cm³/mol. The Bertz CT molecular complexity index is 850. The molecule has 3 rings (SSSR count). The number of halogens is 3. The highest BCUT2D eigenvalue weighted by Gasteiger charge is 2.93. The molecule has 3 atom stereocenters. The van der Waals surface area contributed by atoms with E-state index in [-0.39, 0.29) is 11.4 Å². The maximum Gasteiger partial charge on any atom is 0.416 e. The number of rotatable bonds is 3. The maximum absolute atomic E-state index is 13.4. The van der Waals surface area contributed by atoms with Crippen molar-refractivity contribution in [3.05, 3.63) is 35.4 Å². The first-order chi connectivity index (χ1) is 11.7. The van der Waals surface area contributed by atoms with Crippen molar-refractivity contribution in [3.63, 3.8) is 0 Å². The van der Waals surface area contributed by atoms with Gasteiger partial charge in [-0.3, -0.25) is 0 Å². The molecule has 1 aliphatic carbocycles. The highest BCUT2D eigenvalue weighted by atomic mass is 19.4. The van der Waals surface area contributed by atoms with E-state index in [2.05, 4.69) is 4.99 Å². The van der Waals surface area contributed by atoms with Gasteiger partial charge < -0.3 is 15.2 Å². The van der Waals surface area contributed by atoms with Crippen LogP contribution in [0.15, 0.2) is 29.3 Å². The van der Waals surface area contributed by atoms with E-state index in [1.807, 2.05) is 12.1 Å². The molecule has 0 radical (unpaired) electrons. The fourth-order valence-corrected chi connectivity index (χ4v) is 3.99. The van der Waals surface area contributed by atoms with E-state index in [4.69, 9.17) is 15.2 Å². The minimum Gasteiger partial charge on any atom is -0.386 e. The molecule has 1 aromatic rings. The first-order valence-electron chi connectivity index (χ1n) is 7.17. The Morgan fingerprint density at radius 1 is 1.16 bits per heavy atom. The zero-order valence-corrected chi connectivity index (χ0v) is 13.3. The summed E-state index contributed by atoms with van der Waals surface area (Å²) in [6, 6.07) is 8.59. The van der Waals surface area contributed by atoms with Crippen molar-refractivity contribution in [1.82, 2.24) is 0 Å². The lowest BCUT2D eigenvalue weighted by Gasteiger charge is -2.29. The molecule has 0 spiro atoms. The second-order valence-electron chi connectivity index (χ2n) is 5.84. The second-order valence-corrected chi connectivity index (χ2v) is 5.84. The Balaban J connectivity index is 2.31. The van der Waals surface area contributed by atoms with E-state index in [1.54, 1.807) is 0 Å². The molecule has 1 aromatic carbocycles. The third-order valence-corrected chi connectivity index (χ3v) is 5.06. The van der Waals surface area contributed by atoms with Gasteiger partial charge in [0, 0.05) is 20.1 Å². The van der Waals surface area contributed by atoms with Crippen molar-refractivity contribution in [1.29, 1.82) is 10.5 Å². The Morgan fingerprint density at radius 2 is 1.76 bits per heavy atom. The summed E-state index contributed by atoms with van der Waals surface area (Å²) in [7, 11) is 2.38. The van der Waals surface area contributed by atoms with Crippen molar-refractivity contribution in [2.24, 2.45) is 21.6 Å². The number of hydrogen-bond acceptors (Lipinski definition) is 6. The van der Waals surface area contributed by atoms with E-state index < -0.39 is 34.4 Å². The minimum absolute atomic E-state index is 0.213. The summed E-state index contributed by atoms with van der Waals surface area (Å²) in [6.07, 6.45) is -4.66. The SMILES string of the molecule is COC1(OC)N=C(N)C2(C#N)C(c3ccccc3C(F)(F)F)C12C#N. The van der Waals surface area contributed by atoms with Crippen LogP contribution in [-0.2, 0) is 15.7 Å². The summed E-state index contributed by atoms with van der Waals surface area (Å²) in [4.78, 5) is 3.97. The number of amidine groups is 1. The molecule has 9 heteroatoms. The number of benzene rings is 1. The molecular weight excluding hydrogens is 337 g/mol. The number of nitrogens with two attached hydrogens (primary N) is 1. The topological polar surface area (TPSA) is 104 Å². The fraction of sp³-hybridized carbons (Fsp3) is 0.438. The number of nitriles is 2. The molecule has 25 heavy (non-hydrogen) atoms. The Hall–Kier alpha value is -2.62. The first-order valence-corrected chi connectivity index (χ1v) is 7.17. The van der Waals surface area contributed by atoms with Gasteiger partial charge in [0.1, 0.15) is 11.3 Å². The normalized spacial score (nSPS) is 32.3. The molecule has 0 aromatic heterocycles. The summed E-state index contributed by atoms with van der Waals surface area (Å²) < 4.78 is 50.8. The molecule has 0 bridgehead atoms. The molecule has 6 nitrogen and oxygen atoms in total. The van der Waals surface area contributed by atoms with E-state index in [9.17, 15) is 23.7 Å². The van der Waals surface area contributed by atoms with Crippen molar-refractivity contribution < 1.29 is 22.6 Å². The molecule has 3 unspecified atom stereocenters. The zero-order chi connectivity index (χ0) is 18.7. The monoisotopic (exact) mass is 350 g/mol. The highest BCUT2D eigenvalue weighted by molar-refractivity contribution is 6.00. The van der Waals surface area contributed by atoms with Crippen LogP contribution >= 0.6 is 0 Å². The fourth-order valence-electron chi connectivity index (χ4n) is 3.99. The predicted octanol–water partition coefficient (Wildman–Crippen LogP) is 2.14. The van der Waals surface area contributed by atoms with Crippen LogP contribution < -0.4 is 5.73 Å². The summed E-state index contributed by atoms with van der Waals surface area (Å²) in [6.45, 7) is 0. The average Bonchev–Trinajstić information content (AvgIpc) is 3.17. The van der Waals surface area contributed by atoms with Gasteiger partial charge in [-0.2, -0.15) is 23.7 Å². The number of alkyl halides is 3. The van der Waals surface area contributed by atoms with Gasteiger partial charge in [-0.15, -0.1) is 0 Å². The maximum atomic E-state index is 13.4. The first kappa shape index (κ1) is 17.2. The molecule has 2 aliphatic rings. The van der Waals surface area contributed by atoms with Crippen molar-refractivity contribution in [2.75, 3.05) is 14.2 Å². The number of methoxy groups -OCH3 is 2. The molecule has 1 saturated carbocycles. The van der Waals surface area contributed by atoms with Crippen LogP contribution in [0, 0.1) is 33.5 Å². The number of hydrogen-bond donors (Lipinski definition) is 1. The number of nitrogens with zero attached hydrogens (tertiary/aromatic N) is 3. The van der Waals surface area contributed by atoms with E-state index >= 15 is 0 Å². The van der Waals surface area contributed by atoms with Gasteiger partial charge in [-0.05, 0) is 11.6 Å². The van der Waals surface area contributed by atoms with Crippen molar-refractivity contribution in [3.8, 4) is 12.1 Å². The number of fused-ring (bicyclic) bond motifs is 1. The summed E-state index contributed by atoms with van der Waals surface area (Å²) >= 11 is 0. The molecule has 2 N–H and O–H groups in total. The molecule has 1 aliphatic heterocycles. The Morgan fingerprint density at radius 3 is 2.24 bits per heavy atom. The summed E-state index contributed by atoms with van der Waals surface area (Å²) in [5.74, 6) is -3.42. The van der Waals surface area contributed by atoms with Crippen molar-refractivity contribution in [2.45, 2.75) is 18.0 Å². The smallest absolute Gasteiger partial charge is 0.386 e. The van der Waals surface area contributed by atoms with Gasteiger partial charge >= 0.3 is 6.18 Å². The third-order valence-electron chi connectivity index (χ3n) is 5.06. The molecular formula is C16H13F3N4O2. The zero-order valence-electron chi connectivity index (χ0n) is 13.3. The van der Waals surface area contributed by atoms with Gasteiger partial charge in [0.25, 0.3) is 5.91 Å². The third kappa shape index (κ3) is 1.67. The van der Waals surface area contributed by atoms with E-state index in [0.717, 1.165) is 6.07 Å². The standard InChI is InChI=1S/C16H13F3N4O2/c1-24-16(25-2)14(8-21)11(13(14,7-20)12(22)23-16)9-5-3-4-6-10(9)15(17,18)19/h3-6,11H,1-2H3,(H2,22,23). The molecule has 130 valence electrons. The molecule has 0 saturated heterocycles. The summed E-state index contributed by atoms with van der Waals surface area (Å²) in [5.41, 5.74) is 1.15. The quantitative estimate of drug-likeness (QED) is 0.841. The number of aliphatic imine (C=N–C) groups is 1. The number of ether oxygens (including phenoxy) is 2. The lowest BCUT2D eigenvalue weighted by molar-refractivity contribution is -0.230. The average molecular weight is 350 g/mol.